The van der Waals surface area contributed by atoms with Crippen LogP contribution in [0.2, 0.25) is 0 Å². The molecule has 7 nitrogen and oxygen atoms in total. The van der Waals surface area contributed by atoms with Crippen molar-refractivity contribution in [2.24, 2.45) is 0 Å². The van der Waals surface area contributed by atoms with Crippen molar-refractivity contribution in [3.8, 4) is 17.0 Å². The third kappa shape index (κ3) is 3.90. The van der Waals surface area contributed by atoms with Gasteiger partial charge in [-0.15, -0.1) is 11.3 Å². The summed E-state index contributed by atoms with van der Waals surface area (Å²) >= 11 is 1.51. The first-order valence-corrected chi connectivity index (χ1v) is 9.52. The van der Waals surface area contributed by atoms with Crippen LogP contribution in [0.1, 0.15) is 30.6 Å². The fourth-order valence-corrected chi connectivity index (χ4v) is 3.77. The molecule has 1 aliphatic heterocycles. The molecule has 1 atom stereocenters. The molecule has 1 unspecified atom stereocenters. The van der Waals surface area contributed by atoms with Gasteiger partial charge in [-0.25, -0.2) is 15.0 Å². The molecule has 8 heteroatoms. The van der Waals surface area contributed by atoms with E-state index in [-0.39, 0.29) is 11.9 Å². The van der Waals surface area contributed by atoms with E-state index in [1.165, 1.54) is 24.6 Å². The van der Waals surface area contributed by atoms with Crippen molar-refractivity contribution in [2.45, 2.75) is 26.3 Å². The number of nitrogens with zero attached hydrogens (tertiary/aromatic N) is 3. The van der Waals surface area contributed by atoms with Crippen molar-refractivity contribution in [3.63, 3.8) is 0 Å². The minimum atomic E-state index is -0.0430. The molecule has 1 aromatic carbocycles. The molecule has 0 saturated carbocycles. The zero-order valence-electron chi connectivity index (χ0n) is 15.0. The van der Waals surface area contributed by atoms with Crippen molar-refractivity contribution >= 4 is 28.2 Å². The number of nitrogens with one attached hydrogen (secondary N) is 2. The number of fused-ring (bicyclic) bond motifs is 1. The Kier molecular flexibility index (Phi) is 4.72. The number of aryl methyl sites for hydroxylation is 1. The molecule has 0 spiro atoms. The van der Waals surface area contributed by atoms with Gasteiger partial charge >= 0.3 is 0 Å². The van der Waals surface area contributed by atoms with E-state index in [0.717, 1.165) is 39.8 Å². The molecular weight excluding hydrogens is 362 g/mol. The monoisotopic (exact) mass is 381 g/mol. The van der Waals surface area contributed by atoms with E-state index in [0.29, 0.717) is 12.4 Å². The standard InChI is InChI=1S/C19H19N5O2S/c1-11-7-18(21-10-20-11)24-19-23-16(9-27-19)13-3-4-17-14(8-13)15(5-6-26-17)22-12(2)25/h3-4,7-10,15H,5-6H2,1-2H3,(H,22,25)(H,20,21,23,24). The van der Waals surface area contributed by atoms with E-state index in [9.17, 15) is 4.79 Å². The van der Waals surface area contributed by atoms with E-state index in [2.05, 4.69) is 25.6 Å². The lowest BCUT2D eigenvalue weighted by atomic mass is 9.97. The SMILES string of the molecule is CC(=O)NC1CCOc2ccc(-c3csc(Nc4cc(C)ncn4)n3)cc21. The predicted octanol–water partition coefficient (Wildman–Crippen LogP) is 3.61. The average Bonchev–Trinajstić information content (AvgIpc) is 3.10. The number of anilines is 2. The third-order valence-electron chi connectivity index (χ3n) is 4.27. The minimum absolute atomic E-state index is 0.0357. The van der Waals surface area contributed by atoms with Gasteiger partial charge in [0.15, 0.2) is 5.13 Å². The largest absolute Gasteiger partial charge is 0.493 e. The van der Waals surface area contributed by atoms with Crippen molar-refractivity contribution in [1.29, 1.82) is 0 Å². The van der Waals surface area contributed by atoms with Crippen LogP contribution in [-0.4, -0.2) is 27.5 Å². The van der Waals surface area contributed by atoms with Crippen LogP contribution < -0.4 is 15.4 Å². The maximum Gasteiger partial charge on any atom is 0.217 e. The molecule has 4 rings (SSSR count). The summed E-state index contributed by atoms with van der Waals surface area (Å²) in [5, 5.41) is 8.96. The quantitative estimate of drug-likeness (QED) is 0.718. The Morgan fingerprint density at radius 2 is 2.19 bits per heavy atom. The number of benzene rings is 1. The molecule has 0 radical (unpaired) electrons. The number of amides is 1. The second-order valence-corrected chi connectivity index (χ2v) is 7.21. The number of rotatable bonds is 4. The van der Waals surface area contributed by atoms with E-state index in [4.69, 9.17) is 4.74 Å². The molecule has 1 aliphatic rings. The molecule has 2 aromatic heterocycles. The molecule has 3 heterocycles. The molecule has 0 aliphatic carbocycles. The van der Waals surface area contributed by atoms with Crippen molar-refractivity contribution < 1.29 is 9.53 Å². The summed E-state index contributed by atoms with van der Waals surface area (Å²) in [6.45, 7) is 4.05. The third-order valence-corrected chi connectivity index (χ3v) is 5.02. The summed E-state index contributed by atoms with van der Waals surface area (Å²) in [6.07, 6.45) is 2.28. The number of ether oxygens (including phenoxy) is 1. The fourth-order valence-electron chi connectivity index (χ4n) is 3.05. The van der Waals surface area contributed by atoms with Crippen molar-refractivity contribution in [1.82, 2.24) is 20.3 Å². The first-order valence-electron chi connectivity index (χ1n) is 8.64. The number of thiazole rings is 1. The van der Waals surface area contributed by atoms with Crippen LogP contribution in [0.3, 0.4) is 0 Å². The molecular formula is C19H19N5O2S. The van der Waals surface area contributed by atoms with Crippen LogP contribution in [0.5, 0.6) is 5.75 Å². The first kappa shape index (κ1) is 17.4. The topological polar surface area (TPSA) is 89.0 Å². The van der Waals surface area contributed by atoms with Crippen LogP contribution in [-0.2, 0) is 4.79 Å². The highest BCUT2D eigenvalue weighted by atomic mass is 32.1. The second-order valence-electron chi connectivity index (χ2n) is 6.35. The minimum Gasteiger partial charge on any atom is -0.493 e. The lowest BCUT2D eigenvalue weighted by Gasteiger charge is -2.26. The Bertz CT molecular complexity index is 988. The summed E-state index contributed by atoms with van der Waals surface area (Å²) < 4.78 is 5.73. The van der Waals surface area contributed by atoms with E-state index in [1.54, 1.807) is 0 Å². The molecule has 2 N–H and O–H groups in total. The molecule has 0 bridgehead atoms. The van der Waals surface area contributed by atoms with Crippen LogP contribution in [0.4, 0.5) is 10.9 Å². The van der Waals surface area contributed by atoms with Gasteiger partial charge in [-0.2, -0.15) is 0 Å². The number of carbonyl (C=O) groups excluding carboxylic acids is 1. The summed E-state index contributed by atoms with van der Waals surface area (Å²) in [6, 6.07) is 7.81. The Morgan fingerprint density at radius 1 is 1.30 bits per heavy atom. The van der Waals surface area contributed by atoms with Crippen LogP contribution in [0.15, 0.2) is 36.0 Å². The van der Waals surface area contributed by atoms with Gasteiger partial charge in [0.25, 0.3) is 0 Å². The van der Waals surface area contributed by atoms with Gasteiger partial charge in [-0.05, 0) is 25.1 Å². The molecule has 3 aromatic rings. The fraction of sp³-hybridized carbons (Fsp3) is 0.263. The number of carbonyl (C=O) groups is 1. The zero-order valence-corrected chi connectivity index (χ0v) is 15.8. The number of hydrogen-bond donors (Lipinski definition) is 2. The summed E-state index contributed by atoms with van der Waals surface area (Å²) in [5.41, 5.74) is 3.73. The Hall–Kier alpha value is -3.00. The van der Waals surface area contributed by atoms with E-state index < -0.39 is 0 Å². The van der Waals surface area contributed by atoms with Crippen LogP contribution in [0.25, 0.3) is 11.3 Å². The maximum absolute atomic E-state index is 11.5. The van der Waals surface area contributed by atoms with Crippen molar-refractivity contribution in [3.05, 3.63) is 47.2 Å². The highest BCUT2D eigenvalue weighted by Crippen LogP contribution is 2.36. The van der Waals surface area contributed by atoms with Crippen LogP contribution in [0, 0.1) is 6.92 Å². The Morgan fingerprint density at radius 3 is 3.00 bits per heavy atom. The highest BCUT2D eigenvalue weighted by Gasteiger charge is 2.23. The average molecular weight is 381 g/mol. The lowest BCUT2D eigenvalue weighted by Crippen LogP contribution is -2.30. The molecule has 1 amide bonds. The molecule has 0 saturated heterocycles. The van der Waals surface area contributed by atoms with Gasteiger partial charge in [-0.1, -0.05) is 0 Å². The summed E-state index contributed by atoms with van der Waals surface area (Å²) in [7, 11) is 0. The van der Waals surface area contributed by atoms with Gasteiger partial charge in [0.05, 0.1) is 18.3 Å². The summed E-state index contributed by atoms with van der Waals surface area (Å²) in [4.78, 5) is 24.4. The summed E-state index contributed by atoms with van der Waals surface area (Å²) in [5.74, 6) is 1.49. The lowest BCUT2D eigenvalue weighted by molar-refractivity contribution is -0.119. The number of aromatic nitrogens is 3. The second kappa shape index (κ2) is 7.32. The van der Waals surface area contributed by atoms with E-state index in [1.807, 2.05) is 36.6 Å². The predicted molar refractivity (Wildman–Crippen MR) is 104 cm³/mol. The van der Waals surface area contributed by atoms with Gasteiger partial charge in [-0.3, -0.25) is 4.79 Å². The highest BCUT2D eigenvalue weighted by molar-refractivity contribution is 7.14. The van der Waals surface area contributed by atoms with Crippen LogP contribution >= 0.6 is 11.3 Å². The Labute approximate surface area is 160 Å². The first-order chi connectivity index (χ1) is 13.1. The Balaban J connectivity index is 1.59. The zero-order chi connectivity index (χ0) is 18.8. The molecule has 138 valence electrons. The van der Waals surface area contributed by atoms with Gasteiger partial charge in [0, 0.05) is 41.6 Å². The number of hydrogen-bond acceptors (Lipinski definition) is 7. The normalized spacial score (nSPS) is 15.6. The molecule has 0 fully saturated rings. The van der Waals surface area contributed by atoms with Gasteiger partial charge in [0.1, 0.15) is 17.9 Å². The molecule has 27 heavy (non-hydrogen) atoms. The smallest absolute Gasteiger partial charge is 0.217 e. The van der Waals surface area contributed by atoms with Gasteiger partial charge < -0.3 is 15.4 Å². The maximum atomic E-state index is 11.5. The van der Waals surface area contributed by atoms with E-state index >= 15 is 0 Å². The van der Waals surface area contributed by atoms with Crippen molar-refractivity contribution in [2.75, 3.05) is 11.9 Å². The van der Waals surface area contributed by atoms with Gasteiger partial charge in [0.2, 0.25) is 5.91 Å².